The van der Waals surface area contributed by atoms with E-state index in [1.165, 1.54) is 0 Å². The normalized spacial score (nSPS) is 14.0. The Balaban J connectivity index is 1.32. The first-order valence-corrected chi connectivity index (χ1v) is 12.8. The minimum absolute atomic E-state index is 0.269. The Morgan fingerprint density at radius 1 is 1.00 bits per heavy atom. The lowest BCUT2D eigenvalue weighted by atomic mass is 10.1. The van der Waals surface area contributed by atoms with Crippen molar-refractivity contribution < 1.29 is 14.3 Å². The number of ether oxygens (including phenoxy) is 1. The van der Waals surface area contributed by atoms with Gasteiger partial charge >= 0.3 is 6.09 Å². The van der Waals surface area contributed by atoms with Crippen molar-refractivity contribution in [1.29, 1.82) is 0 Å². The summed E-state index contributed by atoms with van der Waals surface area (Å²) in [6.07, 6.45) is 3.12. The van der Waals surface area contributed by atoms with Crippen LogP contribution in [-0.2, 0) is 4.74 Å². The second-order valence-electron chi connectivity index (χ2n) is 10.1. The van der Waals surface area contributed by atoms with E-state index in [9.17, 15) is 9.59 Å². The van der Waals surface area contributed by atoms with Crippen LogP contribution in [0.5, 0.6) is 0 Å². The van der Waals surface area contributed by atoms with E-state index in [2.05, 4.69) is 20.3 Å². The van der Waals surface area contributed by atoms with E-state index in [4.69, 9.17) is 16.3 Å². The van der Waals surface area contributed by atoms with Gasteiger partial charge in [0, 0.05) is 43.0 Å². The van der Waals surface area contributed by atoms with Gasteiger partial charge in [-0.05, 0) is 56.7 Å². The fraction of sp³-hybridized carbons (Fsp3) is 0.286. The van der Waals surface area contributed by atoms with Crippen molar-refractivity contribution in [3.05, 3.63) is 77.7 Å². The van der Waals surface area contributed by atoms with Crippen LogP contribution in [0.4, 0.5) is 16.2 Å². The Morgan fingerprint density at radius 3 is 2.50 bits per heavy atom. The Labute approximate surface area is 226 Å². The molecule has 5 rings (SSSR count). The maximum absolute atomic E-state index is 13.3. The predicted molar refractivity (Wildman–Crippen MR) is 148 cm³/mol. The molecule has 0 bridgehead atoms. The summed E-state index contributed by atoms with van der Waals surface area (Å²) >= 11 is 6.17. The zero-order valence-electron chi connectivity index (χ0n) is 21.5. The molecule has 10 heteroatoms. The lowest BCUT2D eigenvalue weighted by Crippen LogP contribution is -2.50. The van der Waals surface area contributed by atoms with E-state index >= 15 is 0 Å². The number of halogens is 1. The maximum atomic E-state index is 13.3. The number of anilines is 2. The lowest BCUT2D eigenvalue weighted by Gasteiger charge is -2.37. The summed E-state index contributed by atoms with van der Waals surface area (Å²) < 4.78 is 7.13. The van der Waals surface area contributed by atoms with Gasteiger partial charge in [-0.3, -0.25) is 4.79 Å². The van der Waals surface area contributed by atoms with Crippen LogP contribution >= 0.6 is 11.6 Å². The molecule has 196 valence electrons. The van der Waals surface area contributed by atoms with Crippen molar-refractivity contribution in [3.8, 4) is 11.1 Å². The zero-order chi connectivity index (χ0) is 26.9. The number of hydrogen-bond donors (Lipinski definition) is 1. The van der Waals surface area contributed by atoms with Gasteiger partial charge in [0.05, 0.1) is 17.6 Å². The van der Waals surface area contributed by atoms with Crippen molar-refractivity contribution in [2.45, 2.75) is 26.4 Å². The van der Waals surface area contributed by atoms with Gasteiger partial charge in [-0.1, -0.05) is 35.9 Å². The molecule has 2 aromatic carbocycles. The quantitative estimate of drug-likeness (QED) is 0.380. The van der Waals surface area contributed by atoms with Crippen molar-refractivity contribution >= 4 is 40.6 Å². The second kappa shape index (κ2) is 10.3. The number of rotatable bonds is 4. The minimum atomic E-state index is -0.534. The number of para-hydroxylation sites is 2. The number of carbonyl (C=O) groups is 2. The average Bonchev–Trinajstić information content (AvgIpc) is 3.31. The topological polar surface area (TPSA) is 92.1 Å². The summed E-state index contributed by atoms with van der Waals surface area (Å²) in [5, 5.41) is 7.98. The Bertz CT molecular complexity index is 1490. The standard InChI is InChI=1S/C28H29ClN6O3/c1-28(2,3)38-27(37)34-15-13-33(14-16-34)24-10-5-4-9-22(24)32-26(36)23-11-12-35-25(31-23)21(18-30-35)19-7-6-8-20(29)17-19/h4-12,17-18H,13-16H2,1-3H3,(H,32,36). The third kappa shape index (κ3) is 5.57. The molecule has 0 spiro atoms. The first kappa shape index (κ1) is 25.5. The van der Waals surface area contributed by atoms with Crippen LogP contribution in [0.3, 0.4) is 0 Å². The van der Waals surface area contributed by atoms with E-state index in [-0.39, 0.29) is 17.7 Å². The van der Waals surface area contributed by atoms with Crippen LogP contribution < -0.4 is 10.2 Å². The maximum Gasteiger partial charge on any atom is 0.410 e. The number of nitrogens with zero attached hydrogens (tertiary/aromatic N) is 5. The molecule has 0 unspecified atom stereocenters. The molecule has 0 saturated carbocycles. The van der Waals surface area contributed by atoms with E-state index < -0.39 is 5.60 Å². The van der Waals surface area contributed by atoms with Crippen LogP contribution in [-0.4, -0.2) is 63.3 Å². The molecule has 3 heterocycles. The van der Waals surface area contributed by atoms with Crippen LogP contribution in [0, 0.1) is 0 Å². The fourth-order valence-electron chi connectivity index (χ4n) is 4.35. The molecule has 38 heavy (non-hydrogen) atoms. The van der Waals surface area contributed by atoms with E-state index in [1.54, 1.807) is 33.9 Å². The predicted octanol–water partition coefficient (Wildman–Crippen LogP) is 5.36. The smallest absolute Gasteiger partial charge is 0.410 e. The summed E-state index contributed by atoms with van der Waals surface area (Å²) in [5.41, 5.74) is 3.51. The molecule has 1 aliphatic rings. The van der Waals surface area contributed by atoms with Gasteiger partial charge < -0.3 is 19.9 Å². The molecule has 1 aliphatic heterocycles. The first-order chi connectivity index (χ1) is 18.2. The third-order valence-electron chi connectivity index (χ3n) is 6.16. The molecule has 9 nitrogen and oxygen atoms in total. The van der Waals surface area contributed by atoms with Crippen LogP contribution in [0.2, 0.25) is 5.02 Å². The Kier molecular flexibility index (Phi) is 6.94. The van der Waals surface area contributed by atoms with Gasteiger partial charge in [-0.2, -0.15) is 5.10 Å². The van der Waals surface area contributed by atoms with E-state index in [0.717, 1.165) is 16.8 Å². The highest BCUT2D eigenvalue weighted by Crippen LogP contribution is 2.29. The van der Waals surface area contributed by atoms with Crippen LogP contribution in [0.1, 0.15) is 31.3 Å². The number of nitrogens with one attached hydrogen (secondary N) is 1. The molecule has 1 fully saturated rings. The molecular weight excluding hydrogens is 504 g/mol. The van der Waals surface area contributed by atoms with Gasteiger partial charge in [0.15, 0.2) is 5.65 Å². The lowest BCUT2D eigenvalue weighted by molar-refractivity contribution is 0.0240. The monoisotopic (exact) mass is 532 g/mol. The summed E-state index contributed by atoms with van der Waals surface area (Å²) in [7, 11) is 0. The molecule has 0 radical (unpaired) electrons. The minimum Gasteiger partial charge on any atom is -0.444 e. The highest BCUT2D eigenvalue weighted by molar-refractivity contribution is 6.30. The highest BCUT2D eigenvalue weighted by Gasteiger charge is 2.27. The number of carbonyl (C=O) groups excluding carboxylic acids is 2. The zero-order valence-corrected chi connectivity index (χ0v) is 22.3. The largest absolute Gasteiger partial charge is 0.444 e. The van der Waals surface area contributed by atoms with Crippen molar-refractivity contribution in [2.24, 2.45) is 0 Å². The van der Waals surface area contributed by atoms with Crippen LogP contribution in [0.25, 0.3) is 16.8 Å². The van der Waals surface area contributed by atoms with Gasteiger partial charge in [-0.25, -0.2) is 14.3 Å². The highest BCUT2D eigenvalue weighted by atomic mass is 35.5. The molecular formula is C28H29ClN6O3. The molecule has 4 aromatic rings. The van der Waals surface area contributed by atoms with E-state index in [1.807, 2.05) is 63.2 Å². The van der Waals surface area contributed by atoms with Crippen molar-refractivity contribution in [2.75, 3.05) is 36.4 Å². The van der Waals surface area contributed by atoms with Gasteiger partial charge in [0.2, 0.25) is 0 Å². The number of piperazine rings is 1. The molecule has 0 atom stereocenters. The molecule has 1 saturated heterocycles. The average molecular weight is 533 g/mol. The Morgan fingerprint density at radius 2 is 1.76 bits per heavy atom. The number of hydrogen-bond acceptors (Lipinski definition) is 6. The van der Waals surface area contributed by atoms with Gasteiger partial charge in [0.1, 0.15) is 11.3 Å². The molecule has 1 N–H and O–H groups in total. The molecule has 2 amide bonds. The first-order valence-electron chi connectivity index (χ1n) is 12.4. The van der Waals surface area contributed by atoms with Crippen molar-refractivity contribution in [1.82, 2.24) is 19.5 Å². The Hall–Kier alpha value is -4.11. The van der Waals surface area contributed by atoms with Crippen LogP contribution in [0.15, 0.2) is 67.0 Å². The van der Waals surface area contributed by atoms with E-state index in [0.29, 0.717) is 42.5 Å². The van der Waals surface area contributed by atoms with Gasteiger partial charge in [-0.15, -0.1) is 0 Å². The molecule has 2 aromatic heterocycles. The molecule has 0 aliphatic carbocycles. The summed E-state index contributed by atoms with van der Waals surface area (Å²) in [5.74, 6) is -0.328. The number of aromatic nitrogens is 3. The second-order valence-corrected chi connectivity index (χ2v) is 10.5. The summed E-state index contributed by atoms with van der Waals surface area (Å²) in [4.78, 5) is 34.2. The number of amides is 2. The fourth-order valence-corrected chi connectivity index (χ4v) is 4.54. The number of fused-ring (bicyclic) bond motifs is 1. The van der Waals surface area contributed by atoms with Crippen molar-refractivity contribution in [3.63, 3.8) is 0 Å². The SMILES string of the molecule is CC(C)(C)OC(=O)N1CCN(c2ccccc2NC(=O)c2ccn3ncc(-c4cccc(Cl)c4)c3n2)CC1. The summed E-state index contributed by atoms with van der Waals surface area (Å²) in [6, 6.07) is 16.7. The summed E-state index contributed by atoms with van der Waals surface area (Å²) in [6.45, 7) is 7.88. The third-order valence-corrected chi connectivity index (χ3v) is 6.40. The number of benzene rings is 2. The van der Waals surface area contributed by atoms with Gasteiger partial charge in [0.25, 0.3) is 5.91 Å².